The molecule has 0 bridgehead atoms. The predicted octanol–water partition coefficient (Wildman–Crippen LogP) is -6.08. The van der Waals surface area contributed by atoms with Crippen LogP contribution in [0, 0.1) is 0 Å². The average molecular weight is 689 g/mol. The molecule has 1 saturated carbocycles. The Kier molecular flexibility index (Phi) is 13.1. The Balaban J connectivity index is 1.29. The Morgan fingerprint density at radius 2 is 1.33 bits per heavy atom. The summed E-state index contributed by atoms with van der Waals surface area (Å²) in [4.78, 5) is 2.05. The van der Waals surface area contributed by atoms with Crippen molar-refractivity contribution in [1.29, 1.82) is 0 Å². The van der Waals surface area contributed by atoms with Gasteiger partial charge in [0.15, 0.2) is 18.9 Å². The van der Waals surface area contributed by atoms with Gasteiger partial charge in [-0.2, -0.15) is 0 Å². The molecule has 18 heteroatoms. The SMILES string of the molecule is NC[C@@H]1O[C@H](O[C@H]2[C@@H](O)[C@H](O[C@@H]3[C@@H](O)[C@H](N)C[C@H](N)[C@H]3O[C@H]3O[C@H](CO)CN(Cc4ccccc4)C[C@H]3N)O[C@@H]2CO)[C@H](N)[C@@H](O)[C@@H]1O. The van der Waals surface area contributed by atoms with E-state index in [1.54, 1.807) is 0 Å². The van der Waals surface area contributed by atoms with Crippen molar-refractivity contribution in [2.45, 2.75) is 117 Å². The number of hydrogen-bond acceptors (Lipinski definition) is 18. The molecule has 0 amide bonds. The Morgan fingerprint density at radius 1 is 0.667 bits per heavy atom. The highest BCUT2D eigenvalue weighted by Gasteiger charge is 2.53. The van der Waals surface area contributed by atoms with E-state index < -0.39 is 111 Å². The Bertz CT molecular complexity index is 1130. The summed E-state index contributed by atoms with van der Waals surface area (Å²) in [5, 5.41) is 63.2. The molecular weight excluding hydrogens is 636 g/mol. The molecule has 17 atom stereocenters. The van der Waals surface area contributed by atoms with Crippen LogP contribution in [0.4, 0.5) is 0 Å². The van der Waals surface area contributed by atoms with Crippen molar-refractivity contribution in [2.75, 3.05) is 32.8 Å². The summed E-state index contributed by atoms with van der Waals surface area (Å²) in [5.41, 5.74) is 32.0. The largest absolute Gasteiger partial charge is 0.394 e. The second-order valence-electron chi connectivity index (χ2n) is 13.1. The van der Waals surface area contributed by atoms with E-state index in [1.165, 1.54) is 0 Å². The van der Waals surface area contributed by atoms with Gasteiger partial charge in [-0.05, 0) is 12.0 Å². The minimum atomic E-state index is -1.57. The zero-order chi connectivity index (χ0) is 34.7. The molecule has 18 nitrogen and oxygen atoms in total. The fraction of sp³-hybridized carbons (Fsp3) is 0.800. The van der Waals surface area contributed by atoms with Crippen LogP contribution in [0.15, 0.2) is 30.3 Å². The summed E-state index contributed by atoms with van der Waals surface area (Å²) in [5.74, 6) is 0. The zero-order valence-corrected chi connectivity index (χ0v) is 26.6. The highest BCUT2D eigenvalue weighted by Crippen LogP contribution is 2.34. The van der Waals surface area contributed by atoms with Crippen LogP contribution in [-0.4, -0.2) is 172 Å². The number of aliphatic hydroxyl groups excluding tert-OH is 6. The van der Waals surface area contributed by atoms with Gasteiger partial charge < -0.3 is 87.7 Å². The van der Waals surface area contributed by atoms with Gasteiger partial charge in [0, 0.05) is 38.3 Å². The van der Waals surface area contributed by atoms with Crippen LogP contribution in [0.3, 0.4) is 0 Å². The third kappa shape index (κ3) is 8.34. The maximum absolute atomic E-state index is 11.3. The van der Waals surface area contributed by atoms with Gasteiger partial charge in [-0.1, -0.05) is 30.3 Å². The number of ether oxygens (including phenoxy) is 6. The van der Waals surface area contributed by atoms with Crippen molar-refractivity contribution in [1.82, 2.24) is 4.90 Å². The highest BCUT2D eigenvalue weighted by molar-refractivity contribution is 5.14. The lowest BCUT2D eigenvalue weighted by molar-refractivity contribution is -0.284. The number of nitrogens with two attached hydrogens (primary N) is 5. The molecule has 3 aliphatic heterocycles. The van der Waals surface area contributed by atoms with Gasteiger partial charge in [0.1, 0.15) is 48.8 Å². The first-order valence-electron chi connectivity index (χ1n) is 16.3. The summed E-state index contributed by atoms with van der Waals surface area (Å²) < 4.78 is 35.9. The van der Waals surface area contributed by atoms with E-state index in [4.69, 9.17) is 57.1 Å². The number of aliphatic hydroxyl groups is 6. The molecule has 0 radical (unpaired) electrons. The second-order valence-corrected chi connectivity index (χ2v) is 13.1. The number of hydrogen-bond donors (Lipinski definition) is 11. The van der Waals surface area contributed by atoms with Crippen LogP contribution in [0.25, 0.3) is 0 Å². The third-order valence-electron chi connectivity index (χ3n) is 9.45. The van der Waals surface area contributed by atoms with Crippen LogP contribution in [0.5, 0.6) is 0 Å². The molecule has 4 aliphatic rings. The number of benzene rings is 1. The molecule has 5 rings (SSSR count). The van der Waals surface area contributed by atoms with Gasteiger partial charge in [-0.15, -0.1) is 0 Å². The van der Waals surface area contributed by atoms with Gasteiger partial charge in [0.05, 0.1) is 37.5 Å². The van der Waals surface area contributed by atoms with Crippen LogP contribution >= 0.6 is 0 Å². The zero-order valence-electron chi connectivity index (χ0n) is 26.6. The average Bonchev–Trinajstić information content (AvgIpc) is 3.28. The van der Waals surface area contributed by atoms with E-state index in [2.05, 4.69) is 4.90 Å². The molecule has 48 heavy (non-hydrogen) atoms. The first-order valence-corrected chi connectivity index (χ1v) is 16.3. The third-order valence-corrected chi connectivity index (χ3v) is 9.45. The van der Waals surface area contributed by atoms with Gasteiger partial charge in [-0.3, -0.25) is 4.90 Å². The van der Waals surface area contributed by atoms with E-state index in [1.807, 2.05) is 30.3 Å². The smallest absolute Gasteiger partial charge is 0.187 e. The number of rotatable bonds is 11. The lowest BCUT2D eigenvalue weighted by atomic mass is 9.84. The van der Waals surface area contributed by atoms with E-state index >= 15 is 0 Å². The quantitative estimate of drug-likeness (QED) is 0.103. The van der Waals surface area contributed by atoms with Crippen LogP contribution < -0.4 is 28.7 Å². The summed E-state index contributed by atoms with van der Waals surface area (Å²) in [6, 6.07) is 6.27. The summed E-state index contributed by atoms with van der Waals surface area (Å²) in [6.45, 7) is 0.238. The van der Waals surface area contributed by atoms with E-state index in [9.17, 15) is 30.6 Å². The second kappa shape index (κ2) is 16.7. The summed E-state index contributed by atoms with van der Waals surface area (Å²) in [6.07, 6.45) is -15.8. The lowest BCUT2D eigenvalue weighted by Crippen LogP contribution is -2.65. The Hall–Kier alpha value is -1.50. The molecule has 0 unspecified atom stereocenters. The Labute approximate surface area is 278 Å². The van der Waals surface area contributed by atoms with Crippen molar-refractivity contribution in [3.63, 3.8) is 0 Å². The van der Waals surface area contributed by atoms with Gasteiger partial charge in [-0.25, -0.2) is 0 Å². The molecule has 274 valence electrons. The van der Waals surface area contributed by atoms with E-state index in [-0.39, 0.29) is 19.6 Å². The summed E-state index contributed by atoms with van der Waals surface area (Å²) >= 11 is 0. The maximum Gasteiger partial charge on any atom is 0.187 e. The van der Waals surface area contributed by atoms with E-state index in [0.717, 1.165) is 5.56 Å². The first kappa shape index (κ1) is 37.7. The normalized spacial score (nSPS) is 46.0. The minimum absolute atomic E-state index is 0.149. The molecule has 1 aromatic carbocycles. The lowest BCUT2D eigenvalue weighted by Gasteiger charge is -2.44. The standard InChI is InChI=1S/C30H52N6O12/c31-7-18-22(40)23(41)20(35)29(44-18)47-26-19(12-38)45-30(24(26)42)48-27-21(39)15(32)6-16(33)25(27)46-28-17(34)10-36(9-14(11-37)43-28)8-13-4-2-1-3-5-13/h1-5,14-30,37-42H,6-12,31-35H2/t14-,15+,16-,17+,18-,19+,20+,21-,22+,23+,24+,25+,26+,27+,28+,29+,30-/m0/s1. The molecule has 3 saturated heterocycles. The van der Waals surface area contributed by atoms with Crippen molar-refractivity contribution < 1.29 is 59.1 Å². The fourth-order valence-electron chi connectivity index (χ4n) is 6.76. The van der Waals surface area contributed by atoms with E-state index in [0.29, 0.717) is 19.6 Å². The van der Waals surface area contributed by atoms with Crippen molar-refractivity contribution in [3.8, 4) is 0 Å². The van der Waals surface area contributed by atoms with Gasteiger partial charge in [0.2, 0.25) is 0 Å². The number of nitrogens with zero attached hydrogens (tertiary/aromatic N) is 1. The molecule has 0 aromatic heterocycles. The fourth-order valence-corrected chi connectivity index (χ4v) is 6.76. The predicted molar refractivity (Wildman–Crippen MR) is 166 cm³/mol. The van der Waals surface area contributed by atoms with Crippen LogP contribution in [-0.2, 0) is 35.0 Å². The van der Waals surface area contributed by atoms with Crippen molar-refractivity contribution in [2.24, 2.45) is 28.7 Å². The monoisotopic (exact) mass is 688 g/mol. The molecule has 1 aliphatic carbocycles. The highest BCUT2D eigenvalue weighted by atomic mass is 16.8. The molecule has 4 fully saturated rings. The van der Waals surface area contributed by atoms with Gasteiger partial charge in [0.25, 0.3) is 0 Å². The van der Waals surface area contributed by atoms with Crippen molar-refractivity contribution in [3.05, 3.63) is 35.9 Å². The molecule has 1 aromatic rings. The van der Waals surface area contributed by atoms with Crippen molar-refractivity contribution >= 4 is 0 Å². The Morgan fingerprint density at radius 3 is 2.00 bits per heavy atom. The maximum atomic E-state index is 11.3. The van der Waals surface area contributed by atoms with Crippen LogP contribution in [0.2, 0.25) is 0 Å². The molecule has 3 heterocycles. The van der Waals surface area contributed by atoms with Crippen LogP contribution in [0.1, 0.15) is 12.0 Å². The van der Waals surface area contributed by atoms with Gasteiger partial charge >= 0.3 is 0 Å². The molecule has 16 N–H and O–H groups in total. The first-order chi connectivity index (χ1) is 22.9. The minimum Gasteiger partial charge on any atom is -0.394 e. The topological polar surface area (TPSA) is 310 Å². The summed E-state index contributed by atoms with van der Waals surface area (Å²) in [7, 11) is 0. The molecule has 0 spiro atoms. The molecular formula is C30H52N6O12.